The van der Waals surface area contributed by atoms with Gasteiger partial charge in [-0.1, -0.05) is 6.07 Å². The van der Waals surface area contributed by atoms with Gasteiger partial charge in [-0.2, -0.15) is 11.8 Å². The fourth-order valence-corrected chi connectivity index (χ4v) is 3.39. The maximum atomic E-state index is 11.7. The molecule has 0 spiro atoms. The summed E-state index contributed by atoms with van der Waals surface area (Å²) in [4.78, 5) is 10.2. The molecule has 0 aliphatic rings. The van der Waals surface area contributed by atoms with E-state index in [0.717, 1.165) is 6.26 Å². The van der Waals surface area contributed by atoms with Crippen LogP contribution in [0.5, 0.6) is 0 Å². The molecular formula is C12H18N2O5S2. The Hall–Kier alpha value is -1.32. The molecule has 118 valence electrons. The Morgan fingerprint density at radius 2 is 2.10 bits per heavy atom. The molecule has 0 amide bonds. The number of aliphatic hydroxyl groups excluding tert-OH is 1. The quantitative estimate of drug-likeness (QED) is 0.574. The average molecular weight is 334 g/mol. The molecule has 21 heavy (non-hydrogen) atoms. The van der Waals surface area contributed by atoms with Gasteiger partial charge in [-0.3, -0.25) is 10.1 Å². The number of benzene rings is 1. The van der Waals surface area contributed by atoms with Crippen LogP contribution in [0.1, 0.15) is 6.92 Å². The number of nitrogens with one attached hydrogen (secondary N) is 1. The van der Waals surface area contributed by atoms with Gasteiger partial charge in [0, 0.05) is 17.5 Å². The summed E-state index contributed by atoms with van der Waals surface area (Å²) in [5.41, 5.74) is -0.340. The zero-order valence-electron chi connectivity index (χ0n) is 11.9. The molecule has 2 N–H and O–H groups in total. The molecule has 0 aliphatic carbocycles. The molecule has 0 saturated heterocycles. The lowest BCUT2D eigenvalue weighted by Crippen LogP contribution is -2.31. The number of nitrogens with zero attached hydrogens (tertiary/aromatic N) is 1. The van der Waals surface area contributed by atoms with E-state index >= 15 is 0 Å². The fourth-order valence-electron chi connectivity index (χ4n) is 1.90. The van der Waals surface area contributed by atoms with Gasteiger partial charge in [0.05, 0.1) is 11.5 Å². The molecule has 0 aliphatic heterocycles. The van der Waals surface area contributed by atoms with Crippen molar-refractivity contribution in [3.8, 4) is 0 Å². The van der Waals surface area contributed by atoms with Gasteiger partial charge >= 0.3 is 5.69 Å². The van der Waals surface area contributed by atoms with Crippen LogP contribution in [0.2, 0.25) is 0 Å². The normalized spacial score (nSPS) is 14.5. The van der Waals surface area contributed by atoms with Gasteiger partial charge in [0.15, 0.2) is 9.84 Å². The van der Waals surface area contributed by atoms with E-state index in [9.17, 15) is 23.6 Å². The molecule has 9 heteroatoms. The summed E-state index contributed by atoms with van der Waals surface area (Å²) in [6, 6.07) is 3.85. The highest BCUT2D eigenvalue weighted by molar-refractivity contribution is 7.99. The molecule has 0 saturated carbocycles. The highest BCUT2D eigenvalue weighted by atomic mass is 32.2. The molecule has 0 fully saturated rings. The Labute approximate surface area is 127 Å². The number of para-hydroxylation sites is 1. The fraction of sp³-hybridized carbons (Fsp3) is 0.500. The number of sulfone groups is 1. The zero-order chi connectivity index (χ0) is 16.2. The van der Waals surface area contributed by atoms with E-state index in [1.807, 2.05) is 6.26 Å². The second-order valence-corrected chi connectivity index (χ2v) is 7.63. The summed E-state index contributed by atoms with van der Waals surface area (Å²) < 4.78 is 23.3. The molecule has 0 heterocycles. The minimum Gasteiger partial charge on any atom is -0.395 e. The number of aliphatic hydroxyl groups is 1. The second kappa shape index (κ2) is 7.10. The molecule has 1 aromatic rings. The van der Waals surface area contributed by atoms with Crippen molar-refractivity contribution in [3.63, 3.8) is 0 Å². The number of nitro groups is 1. The van der Waals surface area contributed by atoms with Gasteiger partial charge < -0.3 is 10.4 Å². The SMILES string of the molecule is CSC(CO)C(C)Nc1cccc(S(C)(=O)=O)c1[N+](=O)[O-]. The molecule has 0 aromatic heterocycles. The standard InChI is InChI=1S/C12H18N2O5S2/c1-8(10(7-15)20-2)13-9-5-4-6-11(21(3,18)19)12(9)14(16)17/h4-6,8,10,13,15H,7H2,1-3H3. The van der Waals surface area contributed by atoms with Crippen molar-refractivity contribution in [3.05, 3.63) is 28.3 Å². The van der Waals surface area contributed by atoms with Crippen LogP contribution in [0.15, 0.2) is 23.1 Å². The Balaban J connectivity index is 3.28. The Kier molecular flexibility index (Phi) is 5.99. The van der Waals surface area contributed by atoms with E-state index in [0.29, 0.717) is 0 Å². The summed E-state index contributed by atoms with van der Waals surface area (Å²) in [5.74, 6) is 0. The summed E-state index contributed by atoms with van der Waals surface area (Å²) in [5, 5.41) is 23.2. The molecule has 1 rings (SSSR count). The third-order valence-corrected chi connectivity index (χ3v) is 5.30. The molecular weight excluding hydrogens is 316 g/mol. The van der Waals surface area contributed by atoms with Crippen molar-refractivity contribution >= 4 is 33.0 Å². The zero-order valence-corrected chi connectivity index (χ0v) is 13.6. The molecule has 2 unspecified atom stereocenters. The Morgan fingerprint density at radius 3 is 2.52 bits per heavy atom. The third-order valence-electron chi connectivity index (χ3n) is 3.00. The van der Waals surface area contributed by atoms with Gasteiger partial charge in [-0.05, 0) is 25.3 Å². The highest BCUT2D eigenvalue weighted by Gasteiger charge is 2.27. The smallest absolute Gasteiger partial charge is 0.310 e. The minimum atomic E-state index is -3.70. The monoisotopic (exact) mass is 334 g/mol. The number of thioether (sulfide) groups is 1. The van der Waals surface area contributed by atoms with Crippen molar-refractivity contribution in [2.75, 3.05) is 24.4 Å². The van der Waals surface area contributed by atoms with Crippen molar-refractivity contribution in [1.82, 2.24) is 0 Å². The Bertz CT molecular complexity index is 614. The van der Waals surface area contributed by atoms with Crippen LogP contribution in [0.3, 0.4) is 0 Å². The van der Waals surface area contributed by atoms with E-state index in [-0.39, 0.29) is 28.5 Å². The lowest BCUT2D eigenvalue weighted by atomic mass is 10.2. The van der Waals surface area contributed by atoms with E-state index in [2.05, 4.69) is 5.32 Å². The second-order valence-electron chi connectivity index (χ2n) is 4.57. The third kappa shape index (κ3) is 4.32. The molecule has 0 radical (unpaired) electrons. The van der Waals surface area contributed by atoms with Gasteiger partial charge in [-0.15, -0.1) is 0 Å². The highest BCUT2D eigenvalue weighted by Crippen LogP contribution is 2.33. The lowest BCUT2D eigenvalue weighted by molar-refractivity contribution is -0.386. The van der Waals surface area contributed by atoms with E-state index in [1.54, 1.807) is 6.92 Å². The maximum Gasteiger partial charge on any atom is 0.310 e. The van der Waals surface area contributed by atoms with Crippen LogP contribution in [0.25, 0.3) is 0 Å². The van der Waals surface area contributed by atoms with Crippen LogP contribution in [0, 0.1) is 10.1 Å². The number of hydrogen-bond donors (Lipinski definition) is 2. The van der Waals surface area contributed by atoms with Crippen LogP contribution in [-0.2, 0) is 9.84 Å². The summed E-state index contributed by atoms with van der Waals surface area (Å²) in [6.07, 6.45) is 2.75. The average Bonchev–Trinajstić information content (AvgIpc) is 2.38. The van der Waals surface area contributed by atoms with Crippen molar-refractivity contribution in [2.24, 2.45) is 0 Å². The van der Waals surface area contributed by atoms with Gasteiger partial charge in [0.2, 0.25) is 0 Å². The summed E-state index contributed by atoms with van der Waals surface area (Å²) in [6.45, 7) is 1.68. The number of anilines is 1. The first kappa shape index (κ1) is 17.7. The molecule has 2 atom stereocenters. The van der Waals surface area contributed by atoms with Crippen LogP contribution in [-0.4, -0.2) is 48.9 Å². The topological polar surface area (TPSA) is 110 Å². The predicted molar refractivity (Wildman–Crippen MR) is 83.7 cm³/mol. The van der Waals surface area contributed by atoms with Gasteiger partial charge in [0.25, 0.3) is 0 Å². The lowest BCUT2D eigenvalue weighted by Gasteiger charge is -2.22. The van der Waals surface area contributed by atoms with E-state index in [1.165, 1.54) is 30.0 Å². The van der Waals surface area contributed by atoms with E-state index in [4.69, 9.17) is 0 Å². The van der Waals surface area contributed by atoms with Crippen LogP contribution >= 0.6 is 11.8 Å². The predicted octanol–water partition coefficient (Wildman–Crippen LogP) is 1.52. The van der Waals surface area contributed by atoms with Gasteiger partial charge in [-0.25, -0.2) is 8.42 Å². The first-order valence-electron chi connectivity index (χ1n) is 6.10. The first-order chi connectivity index (χ1) is 9.72. The maximum absolute atomic E-state index is 11.7. The van der Waals surface area contributed by atoms with Crippen LogP contribution in [0.4, 0.5) is 11.4 Å². The van der Waals surface area contributed by atoms with Crippen molar-refractivity contribution < 1.29 is 18.4 Å². The van der Waals surface area contributed by atoms with E-state index < -0.39 is 20.4 Å². The molecule has 1 aromatic carbocycles. The van der Waals surface area contributed by atoms with Crippen LogP contribution < -0.4 is 5.32 Å². The molecule has 0 bridgehead atoms. The minimum absolute atomic E-state index is 0.0884. The number of nitro benzene ring substituents is 1. The number of hydrogen-bond acceptors (Lipinski definition) is 7. The molecule has 7 nitrogen and oxygen atoms in total. The summed E-state index contributed by atoms with van der Waals surface area (Å²) in [7, 11) is -3.70. The largest absolute Gasteiger partial charge is 0.395 e. The van der Waals surface area contributed by atoms with Crippen molar-refractivity contribution in [1.29, 1.82) is 0 Å². The van der Waals surface area contributed by atoms with Crippen molar-refractivity contribution in [2.45, 2.75) is 23.1 Å². The first-order valence-corrected chi connectivity index (χ1v) is 9.28. The summed E-state index contributed by atoms with van der Waals surface area (Å²) >= 11 is 1.42. The van der Waals surface area contributed by atoms with Gasteiger partial charge in [0.1, 0.15) is 10.6 Å². The Morgan fingerprint density at radius 1 is 1.48 bits per heavy atom. The number of rotatable bonds is 7.